The first kappa shape index (κ1) is 11.3. The Morgan fingerprint density at radius 1 is 1.12 bits per heavy atom. The normalized spacial score (nSPS) is 12.6. The first-order valence-electron chi connectivity index (χ1n) is 5.10. The monoisotopic (exact) mass is 282 g/mol. The standard InChI is InChI=1S/C13H8Cl2OS/c1-7-8(14)6-9(15)12-13(7)17-11-5-3-2-4-10(11)16-12/h2-6H,1H3. The van der Waals surface area contributed by atoms with E-state index in [1.54, 1.807) is 17.8 Å². The van der Waals surface area contributed by atoms with Crippen LogP contribution in [0.4, 0.5) is 0 Å². The van der Waals surface area contributed by atoms with Crippen LogP contribution >= 0.6 is 35.0 Å². The van der Waals surface area contributed by atoms with Crippen LogP contribution in [-0.2, 0) is 0 Å². The summed E-state index contributed by atoms with van der Waals surface area (Å²) in [5, 5.41) is 1.22. The van der Waals surface area contributed by atoms with Crippen molar-refractivity contribution in [2.24, 2.45) is 0 Å². The highest BCUT2D eigenvalue weighted by molar-refractivity contribution is 7.99. The van der Waals surface area contributed by atoms with Crippen molar-refractivity contribution in [3.8, 4) is 11.5 Å². The van der Waals surface area contributed by atoms with Crippen LogP contribution in [0.2, 0.25) is 10.0 Å². The van der Waals surface area contributed by atoms with Crippen molar-refractivity contribution in [2.75, 3.05) is 0 Å². The second-order valence-electron chi connectivity index (χ2n) is 3.77. The molecule has 0 atom stereocenters. The van der Waals surface area contributed by atoms with Crippen LogP contribution in [0, 0.1) is 6.92 Å². The SMILES string of the molecule is Cc1c(Cl)cc(Cl)c2c1Sc1ccccc1O2. The van der Waals surface area contributed by atoms with Crippen LogP contribution in [-0.4, -0.2) is 0 Å². The van der Waals surface area contributed by atoms with Crippen LogP contribution in [0.5, 0.6) is 11.5 Å². The molecule has 1 aliphatic heterocycles. The van der Waals surface area contributed by atoms with E-state index in [9.17, 15) is 0 Å². The third-order valence-electron chi connectivity index (χ3n) is 2.65. The fraction of sp³-hybridized carbons (Fsp3) is 0.0769. The Morgan fingerprint density at radius 2 is 1.88 bits per heavy atom. The number of para-hydroxylation sites is 1. The summed E-state index contributed by atoms with van der Waals surface area (Å²) in [6.07, 6.45) is 0. The number of hydrogen-bond acceptors (Lipinski definition) is 2. The Balaban J connectivity index is 2.21. The molecule has 1 nitrogen and oxygen atoms in total. The minimum absolute atomic E-state index is 0.553. The van der Waals surface area contributed by atoms with Gasteiger partial charge in [0.05, 0.1) is 14.8 Å². The van der Waals surface area contributed by atoms with E-state index < -0.39 is 0 Å². The van der Waals surface area contributed by atoms with Crippen LogP contribution in [0.3, 0.4) is 0 Å². The summed E-state index contributed by atoms with van der Waals surface area (Å²) in [5.74, 6) is 1.55. The molecule has 1 heterocycles. The van der Waals surface area contributed by atoms with E-state index in [-0.39, 0.29) is 0 Å². The lowest BCUT2D eigenvalue weighted by Gasteiger charge is -2.22. The number of rotatable bonds is 0. The summed E-state index contributed by atoms with van der Waals surface area (Å²) in [6.45, 7) is 1.97. The van der Waals surface area contributed by atoms with Crippen LogP contribution in [0.15, 0.2) is 40.1 Å². The zero-order valence-corrected chi connectivity index (χ0v) is 11.3. The average Bonchev–Trinajstić information content (AvgIpc) is 2.34. The highest BCUT2D eigenvalue weighted by Gasteiger charge is 2.23. The van der Waals surface area contributed by atoms with E-state index in [2.05, 4.69) is 0 Å². The number of hydrogen-bond donors (Lipinski definition) is 0. The third kappa shape index (κ3) is 1.81. The molecule has 0 N–H and O–H groups in total. The molecule has 0 radical (unpaired) electrons. The first-order chi connectivity index (χ1) is 8.16. The van der Waals surface area contributed by atoms with Crippen molar-refractivity contribution in [1.82, 2.24) is 0 Å². The van der Waals surface area contributed by atoms with Crippen molar-refractivity contribution in [2.45, 2.75) is 16.7 Å². The average molecular weight is 283 g/mol. The third-order valence-corrected chi connectivity index (χ3v) is 4.57. The predicted molar refractivity (Wildman–Crippen MR) is 71.8 cm³/mol. The maximum atomic E-state index is 6.16. The van der Waals surface area contributed by atoms with Gasteiger partial charge in [-0.3, -0.25) is 0 Å². The zero-order valence-electron chi connectivity index (χ0n) is 8.96. The van der Waals surface area contributed by atoms with E-state index in [0.717, 1.165) is 21.1 Å². The molecular weight excluding hydrogens is 275 g/mol. The molecule has 0 bridgehead atoms. The summed E-state index contributed by atoms with van der Waals surface area (Å²) in [7, 11) is 0. The molecule has 3 rings (SSSR count). The topological polar surface area (TPSA) is 9.23 Å². The highest BCUT2D eigenvalue weighted by atomic mass is 35.5. The quantitative estimate of drug-likeness (QED) is 0.534. The molecule has 1 aliphatic rings. The minimum atomic E-state index is 0.553. The van der Waals surface area contributed by atoms with Gasteiger partial charge in [-0.2, -0.15) is 0 Å². The maximum Gasteiger partial charge on any atom is 0.160 e. The van der Waals surface area contributed by atoms with E-state index >= 15 is 0 Å². The van der Waals surface area contributed by atoms with Crippen molar-refractivity contribution in [1.29, 1.82) is 0 Å². The van der Waals surface area contributed by atoms with Crippen molar-refractivity contribution >= 4 is 35.0 Å². The second-order valence-corrected chi connectivity index (χ2v) is 5.64. The molecule has 0 aliphatic carbocycles. The molecule has 0 saturated heterocycles. The molecule has 0 fully saturated rings. The van der Waals surface area contributed by atoms with Crippen LogP contribution < -0.4 is 4.74 Å². The molecule has 4 heteroatoms. The van der Waals surface area contributed by atoms with Crippen molar-refractivity contribution in [3.05, 3.63) is 45.9 Å². The number of ether oxygens (including phenoxy) is 1. The van der Waals surface area contributed by atoms with Gasteiger partial charge >= 0.3 is 0 Å². The van der Waals surface area contributed by atoms with Gasteiger partial charge in [0.1, 0.15) is 5.75 Å². The highest BCUT2D eigenvalue weighted by Crippen LogP contribution is 2.52. The van der Waals surface area contributed by atoms with E-state index in [0.29, 0.717) is 15.8 Å². The fourth-order valence-electron chi connectivity index (χ4n) is 1.73. The molecule has 2 aromatic carbocycles. The summed E-state index contributed by atoms with van der Waals surface area (Å²) in [5.41, 5.74) is 1.01. The van der Waals surface area contributed by atoms with Crippen LogP contribution in [0.25, 0.3) is 0 Å². The Labute approximate surface area is 114 Å². The Kier molecular flexibility index (Phi) is 2.74. The Hall–Kier alpha value is -0.830. The first-order valence-corrected chi connectivity index (χ1v) is 6.67. The maximum absolute atomic E-state index is 6.16. The second kappa shape index (κ2) is 4.13. The minimum Gasteiger partial charge on any atom is -0.453 e. The molecule has 0 saturated carbocycles. The van der Waals surface area contributed by atoms with Gasteiger partial charge in [-0.1, -0.05) is 47.1 Å². The molecule has 0 aromatic heterocycles. The number of halogens is 2. The number of benzene rings is 2. The van der Waals surface area contributed by atoms with E-state index in [4.69, 9.17) is 27.9 Å². The van der Waals surface area contributed by atoms with Gasteiger partial charge in [0.25, 0.3) is 0 Å². The molecule has 2 aromatic rings. The van der Waals surface area contributed by atoms with Crippen LogP contribution in [0.1, 0.15) is 5.56 Å². The molecule has 86 valence electrons. The molecule has 17 heavy (non-hydrogen) atoms. The number of fused-ring (bicyclic) bond motifs is 2. The van der Waals surface area contributed by atoms with Gasteiger partial charge in [-0.05, 0) is 30.7 Å². The van der Waals surface area contributed by atoms with E-state index in [1.165, 1.54) is 0 Å². The van der Waals surface area contributed by atoms with Gasteiger partial charge in [0.15, 0.2) is 5.75 Å². The summed E-state index contributed by atoms with van der Waals surface area (Å²) < 4.78 is 5.83. The van der Waals surface area contributed by atoms with Gasteiger partial charge in [0, 0.05) is 5.02 Å². The fourth-order valence-corrected chi connectivity index (χ4v) is 3.43. The van der Waals surface area contributed by atoms with Gasteiger partial charge in [0.2, 0.25) is 0 Å². The Bertz CT molecular complexity index is 611. The molecule has 0 unspecified atom stereocenters. The van der Waals surface area contributed by atoms with Gasteiger partial charge in [-0.15, -0.1) is 0 Å². The molecule has 0 spiro atoms. The summed E-state index contributed by atoms with van der Waals surface area (Å²) in [6, 6.07) is 9.62. The lowest BCUT2D eigenvalue weighted by atomic mass is 10.2. The van der Waals surface area contributed by atoms with Gasteiger partial charge in [-0.25, -0.2) is 0 Å². The van der Waals surface area contributed by atoms with Crippen molar-refractivity contribution in [3.63, 3.8) is 0 Å². The van der Waals surface area contributed by atoms with Gasteiger partial charge < -0.3 is 4.74 Å². The lowest BCUT2D eigenvalue weighted by Crippen LogP contribution is -1.98. The smallest absolute Gasteiger partial charge is 0.160 e. The molecular formula is C13H8Cl2OS. The van der Waals surface area contributed by atoms with Crippen molar-refractivity contribution < 1.29 is 4.74 Å². The zero-order chi connectivity index (χ0) is 12.0. The Morgan fingerprint density at radius 3 is 2.71 bits per heavy atom. The largest absolute Gasteiger partial charge is 0.453 e. The lowest BCUT2D eigenvalue weighted by molar-refractivity contribution is 0.454. The summed E-state index contributed by atoms with van der Waals surface area (Å²) >= 11 is 13.9. The summed E-state index contributed by atoms with van der Waals surface area (Å²) in [4.78, 5) is 2.09. The molecule has 0 amide bonds. The predicted octanol–water partition coefficient (Wildman–Crippen LogP) is 5.56. The van der Waals surface area contributed by atoms with E-state index in [1.807, 2.05) is 31.2 Å².